The van der Waals surface area contributed by atoms with E-state index in [9.17, 15) is 9.18 Å². The van der Waals surface area contributed by atoms with Crippen LogP contribution in [0.4, 0.5) is 4.39 Å². The van der Waals surface area contributed by atoms with Crippen LogP contribution in [0.25, 0.3) is 0 Å². The van der Waals surface area contributed by atoms with Crippen LogP contribution in [-0.4, -0.2) is 29.9 Å². The van der Waals surface area contributed by atoms with Gasteiger partial charge >= 0.3 is 0 Å². The molecule has 0 aromatic heterocycles. The summed E-state index contributed by atoms with van der Waals surface area (Å²) in [4.78, 5) is 14.6. The Bertz CT molecular complexity index is 693. The van der Waals surface area contributed by atoms with Crippen molar-refractivity contribution >= 4 is 21.8 Å². The lowest BCUT2D eigenvalue weighted by atomic mass is 10.1. The summed E-state index contributed by atoms with van der Waals surface area (Å²) in [6.45, 7) is 2.59. The van der Waals surface area contributed by atoms with Crippen LogP contribution >= 0.6 is 15.9 Å². The van der Waals surface area contributed by atoms with Gasteiger partial charge in [-0.2, -0.15) is 0 Å². The summed E-state index contributed by atoms with van der Waals surface area (Å²) in [6.07, 6.45) is 0.883. The monoisotopic (exact) mass is 376 g/mol. The second kappa shape index (κ2) is 7.23. The predicted molar refractivity (Wildman–Crippen MR) is 91.7 cm³/mol. The molecule has 1 fully saturated rings. The standard InChI is InChI=1S/C18H18BrFN2O/c19-14-6-7-17(20)16(10-14)18(23)21-15-8-9-22(12-15)11-13-4-2-1-3-5-13/h1-7,10,15H,8-9,11-12H2,(H,21,23). The zero-order valence-corrected chi connectivity index (χ0v) is 14.2. The van der Waals surface area contributed by atoms with Gasteiger partial charge in [-0.05, 0) is 30.2 Å². The van der Waals surface area contributed by atoms with Gasteiger partial charge in [-0.15, -0.1) is 0 Å². The number of amides is 1. The summed E-state index contributed by atoms with van der Waals surface area (Å²) in [5.74, 6) is -0.847. The lowest BCUT2D eigenvalue weighted by Gasteiger charge is -2.17. The highest BCUT2D eigenvalue weighted by Gasteiger charge is 2.25. The Morgan fingerprint density at radius 2 is 2.04 bits per heavy atom. The molecule has 1 amide bonds. The first-order chi connectivity index (χ1) is 11.1. The molecular weight excluding hydrogens is 359 g/mol. The Labute approximate surface area is 143 Å². The fraction of sp³-hybridized carbons (Fsp3) is 0.278. The van der Waals surface area contributed by atoms with Crippen LogP contribution in [-0.2, 0) is 6.54 Å². The van der Waals surface area contributed by atoms with E-state index in [1.54, 1.807) is 6.07 Å². The van der Waals surface area contributed by atoms with Gasteiger partial charge in [0.15, 0.2) is 0 Å². The van der Waals surface area contributed by atoms with E-state index in [-0.39, 0.29) is 17.5 Å². The van der Waals surface area contributed by atoms with Crippen LogP contribution in [0.5, 0.6) is 0 Å². The van der Waals surface area contributed by atoms with Crippen LogP contribution in [0.1, 0.15) is 22.3 Å². The van der Waals surface area contributed by atoms with E-state index >= 15 is 0 Å². The molecule has 2 aromatic carbocycles. The Balaban J connectivity index is 1.57. The van der Waals surface area contributed by atoms with Crippen LogP contribution < -0.4 is 5.32 Å². The third kappa shape index (κ3) is 4.18. The van der Waals surface area contributed by atoms with Crippen LogP contribution in [0.3, 0.4) is 0 Å². The first kappa shape index (κ1) is 16.1. The van der Waals surface area contributed by atoms with E-state index in [1.807, 2.05) is 18.2 Å². The average Bonchev–Trinajstić information content (AvgIpc) is 2.97. The highest BCUT2D eigenvalue weighted by atomic mass is 79.9. The molecule has 23 heavy (non-hydrogen) atoms. The molecule has 0 spiro atoms. The predicted octanol–water partition coefficient (Wildman–Crippen LogP) is 3.59. The van der Waals surface area contributed by atoms with Crippen molar-refractivity contribution in [3.05, 3.63) is 69.9 Å². The minimum atomic E-state index is -0.496. The highest BCUT2D eigenvalue weighted by Crippen LogP contribution is 2.17. The Morgan fingerprint density at radius 3 is 2.83 bits per heavy atom. The van der Waals surface area contributed by atoms with Gasteiger partial charge < -0.3 is 5.32 Å². The lowest BCUT2D eigenvalue weighted by molar-refractivity contribution is 0.0933. The van der Waals surface area contributed by atoms with E-state index in [1.165, 1.54) is 17.7 Å². The van der Waals surface area contributed by atoms with Crippen molar-refractivity contribution in [3.8, 4) is 0 Å². The van der Waals surface area contributed by atoms with E-state index in [2.05, 4.69) is 38.3 Å². The van der Waals surface area contributed by atoms with Crippen molar-refractivity contribution in [2.75, 3.05) is 13.1 Å². The van der Waals surface area contributed by atoms with Gasteiger partial charge in [0.05, 0.1) is 5.56 Å². The van der Waals surface area contributed by atoms with Gasteiger partial charge in [0, 0.05) is 30.1 Å². The molecule has 5 heteroatoms. The maximum absolute atomic E-state index is 13.8. The number of nitrogens with one attached hydrogen (secondary N) is 1. The van der Waals surface area contributed by atoms with Gasteiger partial charge in [0.25, 0.3) is 5.91 Å². The molecule has 1 N–H and O–H groups in total. The van der Waals surface area contributed by atoms with E-state index in [4.69, 9.17) is 0 Å². The number of likely N-dealkylation sites (tertiary alicyclic amines) is 1. The number of halogens is 2. The molecule has 2 aromatic rings. The highest BCUT2D eigenvalue weighted by molar-refractivity contribution is 9.10. The van der Waals surface area contributed by atoms with E-state index in [0.717, 1.165) is 26.1 Å². The number of benzene rings is 2. The van der Waals surface area contributed by atoms with Gasteiger partial charge in [-0.25, -0.2) is 4.39 Å². The summed E-state index contributed by atoms with van der Waals surface area (Å²) in [6, 6.07) is 14.7. The van der Waals surface area contributed by atoms with Gasteiger partial charge in [0.1, 0.15) is 5.82 Å². The number of nitrogens with zero attached hydrogens (tertiary/aromatic N) is 1. The van der Waals surface area contributed by atoms with Crippen molar-refractivity contribution < 1.29 is 9.18 Å². The van der Waals surface area contributed by atoms with Gasteiger partial charge in [0.2, 0.25) is 0 Å². The molecule has 1 aliphatic rings. The van der Waals surface area contributed by atoms with Crippen molar-refractivity contribution in [3.63, 3.8) is 0 Å². The molecular formula is C18H18BrFN2O. The summed E-state index contributed by atoms with van der Waals surface area (Å²) in [5, 5.41) is 2.94. The second-order valence-electron chi connectivity index (χ2n) is 5.80. The number of rotatable bonds is 4. The minimum absolute atomic E-state index is 0.0598. The molecule has 1 aliphatic heterocycles. The number of carbonyl (C=O) groups is 1. The molecule has 3 nitrogen and oxygen atoms in total. The van der Waals surface area contributed by atoms with E-state index in [0.29, 0.717) is 4.47 Å². The molecule has 0 bridgehead atoms. The zero-order valence-electron chi connectivity index (χ0n) is 12.6. The lowest BCUT2D eigenvalue weighted by Crippen LogP contribution is -2.37. The number of hydrogen-bond donors (Lipinski definition) is 1. The number of carbonyl (C=O) groups excluding carboxylic acids is 1. The average molecular weight is 377 g/mol. The second-order valence-corrected chi connectivity index (χ2v) is 6.72. The Morgan fingerprint density at radius 1 is 1.26 bits per heavy atom. The molecule has 0 radical (unpaired) electrons. The number of hydrogen-bond acceptors (Lipinski definition) is 2. The molecule has 120 valence electrons. The molecule has 1 atom stereocenters. The zero-order chi connectivity index (χ0) is 16.2. The van der Waals surface area contributed by atoms with Crippen molar-refractivity contribution in [2.45, 2.75) is 19.0 Å². The third-order valence-electron chi connectivity index (χ3n) is 4.03. The molecule has 0 aliphatic carbocycles. The molecule has 1 saturated heterocycles. The SMILES string of the molecule is O=C(NC1CCN(Cc2ccccc2)C1)c1cc(Br)ccc1F. The molecule has 0 saturated carbocycles. The quantitative estimate of drug-likeness (QED) is 0.883. The molecule has 1 unspecified atom stereocenters. The Kier molecular flexibility index (Phi) is 5.08. The van der Waals surface area contributed by atoms with E-state index < -0.39 is 5.82 Å². The summed E-state index contributed by atoms with van der Waals surface area (Å²) < 4.78 is 14.5. The van der Waals surface area contributed by atoms with Crippen molar-refractivity contribution in [1.29, 1.82) is 0 Å². The smallest absolute Gasteiger partial charge is 0.254 e. The maximum Gasteiger partial charge on any atom is 0.254 e. The van der Waals surface area contributed by atoms with Gasteiger partial charge in [-0.3, -0.25) is 9.69 Å². The van der Waals surface area contributed by atoms with Crippen LogP contribution in [0.15, 0.2) is 53.0 Å². The fourth-order valence-electron chi connectivity index (χ4n) is 2.87. The van der Waals surface area contributed by atoms with Crippen LogP contribution in [0.2, 0.25) is 0 Å². The topological polar surface area (TPSA) is 32.3 Å². The van der Waals surface area contributed by atoms with Crippen molar-refractivity contribution in [1.82, 2.24) is 10.2 Å². The molecule has 1 heterocycles. The Hall–Kier alpha value is -1.72. The summed E-state index contributed by atoms with van der Waals surface area (Å²) >= 11 is 3.27. The van der Waals surface area contributed by atoms with Crippen LogP contribution in [0, 0.1) is 5.82 Å². The molecule has 3 rings (SSSR count). The fourth-order valence-corrected chi connectivity index (χ4v) is 3.23. The normalized spacial score (nSPS) is 18.1. The first-order valence-corrected chi connectivity index (χ1v) is 8.43. The minimum Gasteiger partial charge on any atom is -0.348 e. The first-order valence-electron chi connectivity index (χ1n) is 7.64. The summed E-state index contributed by atoms with van der Waals surface area (Å²) in [7, 11) is 0. The van der Waals surface area contributed by atoms with Crippen molar-refractivity contribution in [2.24, 2.45) is 0 Å². The van der Waals surface area contributed by atoms with Gasteiger partial charge in [-0.1, -0.05) is 46.3 Å². The maximum atomic E-state index is 13.8. The largest absolute Gasteiger partial charge is 0.348 e. The summed E-state index contributed by atoms with van der Waals surface area (Å²) in [5.41, 5.74) is 1.35. The third-order valence-corrected chi connectivity index (χ3v) is 4.52.